The monoisotopic (exact) mass is 132 g/mol. The first kappa shape index (κ1) is 5.57. The summed E-state index contributed by atoms with van der Waals surface area (Å²) in [5.41, 5.74) is 4.29. The van der Waals surface area contributed by atoms with E-state index in [9.17, 15) is 0 Å². The molecule has 0 bridgehead atoms. The van der Waals surface area contributed by atoms with Gasteiger partial charge in [0, 0.05) is 12.5 Å². The molecule has 1 heteroatoms. The largest absolute Gasteiger partial charge is 0.492 e. The average molecular weight is 132 g/mol. The topological polar surface area (TPSA) is 9.23 Å². The van der Waals surface area contributed by atoms with Crippen molar-refractivity contribution in [2.45, 2.75) is 6.42 Å². The van der Waals surface area contributed by atoms with Gasteiger partial charge in [0.15, 0.2) is 0 Å². The van der Waals surface area contributed by atoms with Gasteiger partial charge in [-0.1, -0.05) is 12.2 Å². The van der Waals surface area contributed by atoms with Crippen LogP contribution in [0.2, 0.25) is 0 Å². The predicted octanol–water partition coefficient (Wildman–Crippen LogP) is 1.94. The molecule has 1 heterocycles. The van der Waals surface area contributed by atoms with Gasteiger partial charge in [-0.15, -0.1) is 5.73 Å². The minimum Gasteiger partial charge on any atom is -0.492 e. The van der Waals surface area contributed by atoms with E-state index in [1.807, 2.05) is 18.2 Å². The standard InChI is InChI=1S/C9H8O/c1-2-4-8-6-7-10-9(8)5-3-1/h1-2,4-5H,6-7H2. The lowest BCUT2D eigenvalue weighted by Crippen LogP contribution is -1.78. The summed E-state index contributed by atoms with van der Waals surface area (Å²) in [5, 5.41) is 0. The Morgan fingerprint density at radius 3 is 3.50 bits per heavy atom. The SMILES string of the molecule is C1=CC=CC2=C(C=1)OCC2. The second kappa shape index (κ2) is 2.20. The zero-order valence-electron chi connectivity index (χ0n) is 5.63. The molecule has 0 N–H and O–H groups in total. The number of hydrogen-bond donors (Lipinski definition) is 0. The summed E-state index contributed by atoms with van der Waals surface area (Å²) in [5.74, 6) is 0.991. The third kappa shape index (κ3) is 0.810. The van der Waals surface area contributed by atoms with Crippen molar-refractivity contribution in [2.75, 3.05) is 6.61 Å². The molecule has 0 saturated heterocycles. The van der Waals surface area contributed by atoms with Crippen molar-refractivity contribution in [2.24, 2.45) is 0 Å². The normalized spacial score (nSPS) is 20.8. The van der Waals surface area contributed by atoms with Crippen molar-refractivity contribution in [1.29, 1.82) is 0 Å². The highest BCUT2D eigenvalue weighted by atomic mass is 16.5. The molecule has 0 radical (unpaired) electrons. The Hall–Kier alpha value is -1.20. The predicted molar refractivity (Wildman–Crippen MR) is 39.4 cm³/mol. The quantitative estimate of drug-likeness (QED) is 0.458. The minimum absolute atomic E-state index is 0.827. The summed E-state index contributed by atoms with van der Waals surface area (Å²) in [7, 11) is 0. The highest BCUT2D eigenvalue weighted by molar-refractivity contribution is 5.35. The first-order valence-electron chi connectivity index (χ1n) is 3.42. The molecule has 0 aromatic heterocycles. The van der Waals surface area contributed by atoms with Crippen molar-refractivity contribution in [3.63, 3.8) is 0 Å². The molecular formula is C9H8O. The van der Waals surface area contributed by atoms with Crippen molar-refractivity contribution < 1.29 is 4.74 Å². The van der Waals surface area contributed by atoms with Gasteiger partial charge in [0.2, 0.25) is 0 Å². The van der Waals surface area contributed by atoms with E-state index in [0.717, 1.165) is 18.8 Å². The highest BCUT2D eigenvalue weighted by Crippen LogP contribution is 2.21. The van der Waals surface area contributed by atoms with Gasteiger partial charge in [-0.05, 0) is 11.6 Å². The lowest BCUT2D eigenvalue weighted by atomic mass is 10.2. The number of allylic oxidation sites excluding steroid dienone is 3. The van der Waals surface area contributed by atoms with Gasteiger partial charge in [0.25, 0.3) is 0 Å². The van der Waals surface area contributed by atoms with Crippen LogP contribution >= 0.6 is 0 Å². The molecule has 0 saturated carbocycles. The van der Waals surface area contributed by atoms with E-state index in [-0.39, 0.29) is 0 Å². The van der Waals surface area contributed by atoms with E-state index >= 15 is 0 Å². The van der Waals surface area contributed by atoms with Crippen molar-refractivity contribution in [3.05, 3.63) is 41.4 Å². The van der Waals surface area contributed by atoms with Gasteiger partial charge >= 0.3 is 0 Å². The summed E-state index contributed by atoms with van der Waals surface area (Å²) >= 11 is 0. The van der Waals surface area contributed by atoms with Crippen LogP contribution in [-0.2, 0) is 4.74 Å². The molecule has 50 valence electrons. The number of ether oxygens (including phenoxy) is 1. The lowest BCUT2D eigenvalue weighted by Gasteiger charge is -1.92. The van der Waals surface area contributed by atoms with Gasteiger partial charge in [0.05, 0.1) is 6.61 Å². The summed E-state index contributed by atoms with van der Waals surface area (Å²) in [4.78, 5) is 0. The molecule has 1 aliphatic heterocycles. The molecule has 0 spiro atoms. The molecule has 0 atom stereocenters. The maximum atomic E-state index is 5.33. The highest BCUT2D eigenvalue weighted by Gasteiger charge is 2.10. The van der Waals surface area contributed by atoms with Crippen molar-refractivity contribution in [1.82, 2.24) is 0 Å². The number of hydrogen-bond acceptors (Lipinski definition) is 1. The Labute approximate surface area is 60.0 Å². The maximum absolute atomic E-state index is 5.33. The van der Waals surface area contributed by atoms with Crippen molar-refractivity contribution >= 4 is 0 Å². The van der Waals surface area contributed by atoms with E-state index in [0.29, 0.717) is 0 Å². The van der Waals surface area contributed by atoms with E-state index in [2.05, 4.69) is 11.8 Å². The molecule has 10 heavy (non-hydrogen) atoms. The van der Waals surface area contributed by atoms with Crippen LogP contribution in [-0.4, -0.2) is 6.61 Å². The fraction of sp³-hybridized carbons (Fsp3) is 0.222. The second-order valence-corrected chi connectivity index (χ2v) is 2.32. The molecule has 1 aliphatic carbocycles. The Balaban J connectivity index is 2.44. The Morgan fingerprint density at radius 2 is 2.50 bits per heavy atom. The van der Waals surface area contributed by atoms with E-state index < -0.39 is 0 Å². The summed E-state index contributed by atoms with van der Waals surface area (Å²) in [6.45, 7) is 0.827. The maximum Gasteiger partial charge on any atom is 0.130 e. The van der Waals surface area contributed by atoms with Crippen LogP contribution in [0.5, 0.6) is 0 Å². The average Bonchev–Trinajstić information content (AvgIpc) is 2.28. The Bertz CT molecular complexity index is 262. The van der Waals surface area contributed by atoms with E-state index in [1.165, 1.54) is 5.57 Å². The van der Waals surface area contributed by atoms with Crippen LogP contribution in [0.3, 0.4) is 0 Å². The van der Waals surface area contributed by atoms with Crippen LogP contribution in [0.15, 0.2) is 41.4 Å². The zero-order valence-corrected chi connectivity index (χ0v) is 5.63. The summed E-state index contributed by atoms with van der Waals surface area (Å²) < 4.78 is 5.33. The van der Waals surface area contributed by atoms with Crippen LogP contribution in [0.25, 0.3) is 0 Å². The molecule has 2 aliphatic rings. The fourth-order valence-corrected chi connectivity index (χ4v) is 1.13. The second-order valence-electron chi connectivity index (χ2n) is 2.32. The molecule has 0 unspecified atom stereocenters. The number of rotatable bonds is 0. The van der Waals surface area contributed by atoms with Gasteiger partial charge in [-0.3, -0.25) is 0 Å². The fourth-order valence-electron chi connectivity index (χ4n) is 1.13. The first-order valence-corrected chi connectivity index (χ1v) is 3.42. The van der Waals surface area contributed by atoms with Gasteiger partial charge in [-0.2, -0.15) is 0 Å². The first-order chi connectivity index (χ1) is 4.97. The lowest BCUT2D eigenvalue weighted by molar-refractivity contribution is 0.257. The molecule has 1 nitrogen and oxygen atoms in total. The summed E-state index contributed by atoms with van der Waals surface area (Å²) in [6, 6.07) is 0. The molecule has 0 amide bonds. The molecule has 0 fully saturated rings. The third-order valence-corrected chi connectivity index (χ3v) is 1.65. The van der Waals surface area contributed by atoms with Crippen molar-refractivity contribution in [3.8, 4) is 0 Å². The Morgan fingerprint density at radius 1 is 1.50 bits per heavy atom. The van der Waals surface area contributed by atoms with Crippen LogP contribution in [0.4, 0.5) is 0 Å². The van der Waals surface area contributed by atoms with Crippen LogP contribution in [0.1, 0.15) is 6.42 Å². The van der Waals surface area contributed by atoms with Gasteiger partial charge in [-0.25, -0.2) is 0 Å². The Kier molecular flexibility index (Phi) is 1.23. The minimum atomic E-state index is 0.827. The van der Waals surface area contributed by atoms with Crippen LogP contribution in [0, 0.1) is 0 Å². The van der Waals surface area contributed by atoms with E-state index in [4.69, 9.17) is 4.74 Å². The van der Waals surface area contributed by atoms with Crippen LogP contribution < -0.4 is 0 Å². The van der Waals surface area contributed by atoms with Gasteiger partial charge in [0.1, 0.15) is 5.76 Å². The molecule has 0 aromatic rings. The molecule has 2 rings (SSSR count). The summed E-state index contributed by atoms with van der Waals surface area (Å²) in [6.07, 6.45) is 8.90. The zero-order chi connectivity index (χ0) is 6.81. The van der Waals surface area contributed by atoms with E-state index in [1.54, 1.807) is 0 Å². The third-order valence-electron chi connectivity index (χ3n) is 1.65. The molecule has 0 aromatic carbocycles. The van der Waals surface area contributed by atoms with Gasteiger partial charge < -0.3 is 4.74 Å². The molecular weight excluding hydrogens is 124 g/mol. The smallest absolute Gasteiger partial charge is 0.130 e.